The number of rotatable bonds is 6. The zero-order valence-electron chi connectivity index (χ0n) is 12.1. The van der Waals surface area contributed by atoms with Crippen LogP contribution in [-0.2, 0) is 6.18 Å². The summed E-state index contributed by atoms with van der Waals surface area (Å²) in [5.74, 6) is 0.0901. The van der Waals surface area contributed by atoms with E-state index in [2.05, 4.69) is 20.6 Å². The molecule has 0 radical (unpaired) electrons. The summed E-state index contributed by atoms with van der Waals surface area (Å²) in [6.45, 7) is 0.893. The van der Waals surface area contributed by atoms with Gasteiger partial charge < -0.3 is 10.6 Å². The average Bonchev–Trinajstić information content (AvgIpc) is 2.55. The Morgan fingerprint density at radius 1 is 1.09 bits per heavy atom. The number of nitrogens with one attached hydrogen (secondary N) is 2. The minimum atomic E-state index is -4.39. The molecule has 0 saturated heterocycles. The van der Waals surface area contributed by atoms with Crippen molar-refractivity contribution in [1.82, 2.24) is 15.3 Å². The van der Waals surface area contributed by atoms with Crippen molar-refractivity contribution in [2.45, 2.75) is 12.6 Å². The fourth-order valence-corrected chi connectivity index (χ4v) is 1.76. The molecule has 5 nitrogen and oxygen atoms in total. The van der Waals surface area contributed by atoms with E-state index in [0.717, 1.165) is 12.3 Å². The summed E-state index contributed by atoms with van der Waals surface area (Å²) in [5, 5.41) is 5.60. The molecule has 2 aromatic rings. The van der Waals surface area contributed by atoms with Crippen LogP contribution in [0.2, 0.25) is 0 Å². The molecule has 0 atom stereocenters. The molecule has 0 aliphatic rings. The molecule has 2 N–H and O–H groups in total. The standard InChI is InChI=1S/C15H15F3N4O/c16-15(17,18)11-5-6-13(22-10-11)20-8-3-9-21-14(23)12-4-1-2-7-19-12/h1-2,4-7,10H,3,8-9H2,(H,20,22)(H,21,23). The van der Waals surface area contributed by atoms with Gasteiger partial charge >= 0.3 is 6.18 Å². The van der Waals surface area contributed by atoms with Gasteiger partial charge in [-0.3, -0.25) is 9.78 Å². The summed E-state index contributed by atoms with van der Waals surface area (Å²) in [4.78, 5) is 19.3. The minimum absolute atomic E-state index is 0.266. The molecule has 0 bridgehead atoms. The van der Waals surface area contributed by atoms with Crippen LogP contribution in [0.25, 0.3) is 0 Å². The van der Waals surface area contributed by atoms with Crippen molar-refractivity contribution in [3.05, 3.63) is 54.0 Å². The number of halogens is 3. The summed E-state index contributed by atoms with van der Waals surface area (Å²) in [5.41, 5.74) is -0.449. The normalized spacial score (nSPS) is 11.1. The Labute approximate surface area is 131 Å². The van der Waals surface area contributed by atoms with Crippen molar-refractivity contribution in [1.29, 1.82) is 0 Å². The van der Waals surface area contributed by atoms with Gasteiger partial charge in [0, 0.05) is 25.5 Å². The van der Waals surface area contributed by atoms with Gasteiger partial charge in [0.15, 0.2) is 0 Å². The lowest BCUT2D eigenvalue weighted by molar-refractivity contribution is -0.137. The molecular weight excluding hydrogens is 309 g/mol. The van der Waals surface area contributed by atoms with E-state index < -0.39 is 11.7 Å². The second-order valence-electron chi connectivity index (χ2n) is 4.68. The van der Waals surface area contributed by atoms with Gasteiger partial charge in [-0.25, -0.2) is 4.98 Å². The Balaban J connectivity index is 1.69. The lowest BCUT2D eigenvalue weighted by atomic mass is 10.3. The quantitative estimate of drug-likeness (QED) is 0.802. The summed E-state index contributed by atoms with van der Waals surface area (Å²) >= 11 is 0. The smallest absolute Gasteiger partial charge is 0.370 e. The van der Waals surface area contributed by atoms with Crippen LogP contribution in [0.1, 0.15) is 22.5 Å². The number of pyridine rings is 2. The summed E-state index contributed by atoms with van der Waals surface area (Å²) in [7, 11) is 0. The van der Waals surface area contributed by atoms with Gasteiger partial charge in [-0.15, -0.1) is 0 Å². The zero-order valence-corrected chi connectivity index (χ0v) is 12.1. The fraction of sp³-hybridized carbons (Fsp3) is 0.267. The first kappa shape index (κ1) is 16.7. The highest BCUT2D eigenvalue weighted by Gasteiger charge is 2.30. The average molecular weight is 324 g/mol. The van der Waals surface area contributed by atoms with Gasteiger partial charge in [-0.2, -0.15) is 13.2 Å². The van der Waals surface area contributed by atoms with Crippen LogP contribution in [0.15, 0.2) is 42.7 Å². The third kappa shape index (κ3) is 5.24. The largest absolute Gasteiger partial charge is 0.417 e. The van der Waals surface area contributed by atoms with Crippen molar-refractivity contribution >= 4 is 11.7 Å². The van der Waals surface area contributed by atoms with E-state index in [0.29, 0.717) is 31.0 Å². The van der Waals surface area contributed by atoms with Crippen LogP contribution in [0.4, 0.5) is 19.0 Å². The predicted molar refractivity (Wildman–Crippen MR) is 78.9 cm³/mol. The first-order chi connectivity index (χ1) is 11.0. The third-order valence-corrected chi connectivity index (χ3v) is 2.93. The summed E-state index contributed by atoms with van der Waals surface area (Å²) in [6, 6.07) is 7.30. The van der Waals surface area contributed by atoms with Crippen molar-refractivity contribution in [2.75, 3.05) is 18.4 Å². The lowest BCUT2D eigenvalue weighted by Crippen LogP contribution is -2.26. The molecule has 2 heterocycles. The molecule has 122 valence electrons. The van der Waals surface area contributed by atoms with Crippen molar-refractivity contribution in [3.8, 4) is 0 Å². The maximum absolute atomic E-state index is 12.4. The van der Waals surface area contributed by atoms with Crippen molar-refractivity contribution < 1.29 is 18.0 Å². The summed E-state index contributed by atoms with van der Waals surface area (Å²) in [6.07, 6.45) is -1.47. The van der Waals surface area contributed by atoms with Crippen LogP contribution in [0.5, 0.6) is 0 Å². The highest BCUT2D eigenvalue weighted by atomic mass is 19.4. The Hall–Kier alpha value is -2.64. The molecule has 8 heteroatoms. The molecule has 0 aliphatic heterocycles. The van der Waals surface area contributed by atoms with E-state index in [4.69, 9.17) is 0 Å². The van der Waals surface area contributed by atoms with Crippen LogP contribution in [0.3, 0.4) is 0 Å². The molecule has 0 fully saturated rings. The third-order valence-electron chi connectivity index (χ3n) is 2.93. The monoisotopic (exact) mass is 324 g/mol. The first-order valence-electron chi connectivity index (χ1n) is 6.93. The Morgan fingerprint density at radius 3 is 2.52 bits per heavy atom. The number of aromatic nitrogens is 2. The zero-order chi connectivity index (χ0) is 16.7. The Bertz CT molecular complexity index is 629. The van der Waals surface area contributed by atoms with E-state index in [1.165, 1.54) is 12.3 Å². The van der Waals surface area contributed by atoms with Crippen LogP contribution >= 0.6 is 0 Å². The first-order valence-corrected chi connectivity index (χ1v) is 6.93. The maximum Gasteiger partial charge on any atom is 0.417 e. The van der Waals surface area contributed by atoms with E-state index in [1.54, 1.807) is 18.2 Å². The van der Waals surface area contributed by atoms with Crippen LogP contribution in [-0.4, -0.2) is 29.0 Å². The Kier molecular flexibility index (Phi) is 5.51. The second-order valence-corrected chi connectivity index (χ2v) is 4.68. The van der Waals surface area contributed by atoms with Gasteiger partial charge in [0.05, 0.1) is 5.56 Å². The maximum atomic E-state index is 12.4. The van der Waals surface area contributed by atoms with Gasteiger partial charge in [0.1, 0.15) is 11.5 Å². The highest BCUT2D eigenvalue weighted by molar-refractivity contribution is 5.92. The SMILES string of the molecule is O=C(NCCCNc1ccc(C(F)(F)F)cn1)c1ccccn1. The molecule has 23 heavy (non-hydrogen) atoms. The summed E-state index contributed by atoms with van der Waals surface area (Å²) < 4.78 is 37.1. The van der Waals surface area contributed by atoms with Crippen LogP contribution < -0.4 is 10.6 Å². The number of amides is 1. The fourth-order valence-electron chi connectivity index (χ4n) is 1.76. The predicted octanol–water partition coefficient (Wildman–Crippen LogP) is 2.73. The molecule has 2 aromatic heterocycles. The van der Waals surface area contributed by atoms with Crippen molar-refractivity contribution in [2.24, 2.45) is 0 Å². The molecular formula is C15H15F3N4O. The number of carbonyl (C=O) groups is 1. The lowest BCUT2D eigenvalue weighted by Gasteiger charge is -2.09. The van der Waals surface area contributed by atoms with Gasteiger partial charge in [-0.05, 0) is 30.7 Å². The van der Waals surface area contributed by atoms with E-state index >= 15 is 0 Å². The van der Waals surface area contributed by atoms with E-state index in [-0.39, 0.29) is 5.91 Å². The molecule has 0 aliphatic carbocycles. The van der Waals surface area contributed by atoms with Gasteiger partial charge in [0.25, 0.3) is 5.91 Å². The van der Waals surface area contributed by atoms with Crippen molar-refractivity contribution in [3.63, 3.8) is 0 Å². The number of nitrogens with zero attached hydrogens (tertiary/aromatic N) is 2. The van der Waals surface area contributed by atoms with Gasteiger partial charge in [-0.1, -0.05) is 6.07 Å². The van der Waals surface area contributed by atoms with E-state index in [1.807, 2.05) is 0 Å². The Morgan fingerprint density at radius 2 is 1.91 bits per heavy atom. The topological polar surface area (TPSA) is 66.9 Å². The molecule has 0 unspecified atom stereocenters. The van der Waals surface area contributed by atoms with E-state index in [9.17, 15) is 18.0 Å². The molecule has 0 aromatic carbocycles. The molecule has 2 rings (SSSR count). The van der Waals surface area contributed by atoms with Gasteiger partial charge in [0.2, 0.25) is 0 Å². The number of alkyl halides is 3. The number of anilines is 1. The molecule has 0 spiro atoms. The number of hydrogen-bond acceptors (Lipinski definition) is 4. The highest BCUT2D eigenvalue weighted by Crippen LogP contribution is 2.28. The van der Waals surface area contributed by atoms with Crippen LogP contribution in [0, 0.1) is 0 Å². The molecule has 0 saturated carbocycles. The molecule has 1 amide bonds. The second kappa shape index (κ2) is 7.57. The minimum Gasteiger partial charge on any atom is -0.370 e. The number of carbonyl (C=O) groups excluding carboxylic acids is 1. The number of hydrogen-bond donors (Lipinski definition) is 2.